The Balaban J connectivity index is 1.35. The molecule has 174 valence electrons. The van der Waals surface area contributed by atoms with Gasteiger partial charge in [0.15, 0.2) is 0 Å². The van der Waals surface area contributed by atoms with Crippen molar-refractivity contribution in [3.05, 3.63) is 78.4 Å². The van der Waals surface area contributed by atoms with Crippen molar-refractivity contribution in [1.82, 2.24) is 14.3 Å². The Kier molecular flexibility index (Phi) is 5.93. The van der Waals surface area contributed by atoms with E-state index in [9.17, 15) is 13.2 Å². The lowest BCUT2D eigenvalue weighted by molar-refractivity contribution is -0.120. The molecule has 1 aromatic heterocycles. The van der Waals surface area contributed by atoms with Gasteiger partial charge in [0.25, 0.3) is 0 Å². The number of nitrogens with one attached hydrogen (secondary N) is 2. The fourth-order valence-electron chi connectivity index (χ4n) is 4.29. The molecule has 1 unspecified atom stereocenters. The highest BCUT2D eigenvalue weighted by Gasteiger charge is 2.33. The van der Waals surface area contributed by atoms with Gasteiger partial charge in [-0.05, 0) is 50.1 Å². The Labute approximate surface area is 198 Å². The Morgan fingerprint density at radius 1 is 1.06 bits per heavy atom. The number of amides is 1. The summed E-state index contributed by atoms with van der Waals surface area (Å²) in [5, 5.41) is 2.92. The first kappa shape index (κ1) is 22.3. The number of carbonyl (C=O) groups excluding carboxylic acids is 1. The van der Waals surface area contributed by atoms with Gasteiger partial charge in [0.05, 0.1) is 21.8 Å². The Morgan fingerprint density at radius 2 is 1.82 bits per heavy atom. The van der Waals surface area contributed by atoms with Crippen molar-refractivity contribution < 1.29 is 13.2 Å². The molecule has 7 nitrogen and oxygen atoms in total. The number of hydrogen-bond donors (Lipinski definition) is 2. The van der Waals surface area contributed by atoms with Crippen molar-refractivity contribution in [2.75, 3.05) is 18.4 Å². The molecule has 4 aromatic rings. The second kappa shape index (κ2) is 9.04. The van der Waals surface area contributed by atoms with E-state index in [0.29, 0.717) is 36.2 Å². The number of fused-ring (bicyclic) bond motifs is 1. The fourth-order valence-corrected chi connectivity index (χ4v) is 5.84. The van der Waals surface area contributed by atoms with Crippen LogP contribution in [-0.2, 0) is 14.8 Å². The van der Waals surface area contributed by atoms with E-state index in [4.69, 9.17) is 0 Å². The lowest BCUT2D eigenvalue weighted by atomic mass is 9.98. The number of hydrogen-bond acceptors (Lipinski definition) is 4. The molecule has 1 aliphatic rings. The minimum atomic E-state index is -3.75. The molecule has 5 rings (SSSR count). The predicted molar refractivity (Wildman–Crippen MR) is 133 cm³/mol. The van der Waals surface area contributed by atoms with E-state index in [-0.39, 0.29) is 17.3 Å². The molecule has 0 radical (unpaired) electrons. The van der Waals surface area contributed by atoms with Gasteiger partial charge in [-0.2, -0.15) is 4.31 Å². The Morgan fingerprint density at radius 3 is 2.59 bits per heavy atom. The van der Waals surface area contributed by atoms with Crippen LogP contribution in [-0.4, -0.2) is 41.7 Å². The first-order valence-corrected chi connectivity index (χ1v) is 12.8. The molecule has 1 saturated heterocycles. The molecule has 34 heavy (non-hydrogen) atoms. The van der Waals surface area contributed by atoms with Gasteiger partial charge in [0.2, 0.25) is 15.9 Å². The van der Waals surface area contributed by atoms with Crippen LogP contribution in [0.4, 0.5) is 5.69 Å². The summed E-state index contributed by atoms with van der Waals surface area (Å²) in [6.07, 6.45) is 1.29. The van der Waals surface area contributed by atoms with Gasteiger partial charge >= 0.3 is 0 Å². The minimum Gasteiger partial charge on any atom is -0.338 e. The summed E-state index contributed by atoms with van der Waals surface area (Å²) < 4.78 is 28.3. The van der Waals surface area contributed by atoms with E-state index < -0.39 is 15.9 Å². The summed E-state index contributed by atoms with van der Waals surface area (Å²) in [6.45, 7) is 2.54. The van der Waals surface area contributed by atoms with Gasteiger partial charge < -0.3 is 10.3 Å². The van der Waals surface area contributed by atoms with Crippen LogP contribution in [0.15, 0.2) is 77.7 Å². The number of piperidine rings is 1. The van der Waals surface area contributed by atoms with E-state index in [1.807, 2.05) is 61.5 Å². The average molecular weight is 475 g/mol. The lowest BCUT2D eigenvalue weighted by Gasteiger charge is -2.31. The number of nitrogens with zero attached hydrogens (tertiary/aromatic N) is 2. The van der Waals surface area contributed by atoms with Crippen molar-refractivity contribution in [3.8, 4) is 11.4 Å². The van der Waals surface area contributed by atoms with E-state index in [0.717, 1.165) is 16.8 Å². The van der Waals surface area contributed by atoms with Crippen molar-refractivity contribution in [3.63, 3.8) is 0 Å². The predicted octanol–water partition coefficient (Wildman–Crippen LogP) is 4.58. The zero-order valence-corrected chi connectivity index (χ0v) is 19.7. The summed E-state index contributed by atoms with van der Waals surface area (Å²) in [5.74, 6) is 0.140. The molecule has 2 N–H and O–H groups in total. The van der Waals surface area contributed by atoms with Crippen molar-refractivity contribution in [2.45, 2.75) is 24.7 Å². The van der Waals surface area contributed by atoms with Gasteiger partial charge in [0, 0.05) is 24.3 Å². The van der Waals surface area contributed by atoms with E-state index >= 15 is 0 Å². The second-order valence-electron chi connectivity index (χ2n) is 8.69. The van der Waals surface area contributed by atoms with Crippen LogP contribution in [0, 0.1) is 12.8 Å². The number of sulfonamides is 1. The molecule has 3 aromatic carbocycles. The highest BCUT2D eigenvalue weighted by molar-refractivity contribution is 7.89. The molecule has 1 atom stereocenters. The molecule has 1 aliphatic heterocycles. The molecular weight excluding hydrogens is 448 g/mol. The van der Waals surface area contributed by atoms with Crippen molar-refractivity contribution in [1.29, 1.82) is 0 Å². The molecule has 0 saturated carbocycles. The summed E-state index contributed by atoms with van der Waals surface area (Å²) >= 11 is 0. The van der Waals surface area contributed by atoms with Gasteiger partial charge in [-0.3, -0.25) is 4.79 Å². The van der Waals surface area contributed by atoms with E-state index in [1.165, 1.54) is 4.31 Å². The zero-order valence-electron chi connectivity index (χ0n) is 18.9. The molecule has 8 heteroatoms. The average Bonchev–Trinajstić information content (AvgIpc) is 3.30. The molecule has 0 bridgehead atoms. The molecule has 0 spiro atoms. The van der Waals surface area contributed by atoms with Gasteiger partial charge in [-0.1, -0.05) is 48.0 Å². The maximum absolute atomic E-state index is 13.4. The summed E-state index contributed by atoms with van der Waals surface area (Å²) in [7, 11) is -3.75. The number of aromatic nitrogens is 2. The third kappa shape index (κ3) is 4.47. The number of rotatable bonds is 5. The quantitative estimate of drug-likeness (QED) is 0.443. The number of anilines is 1. The van der Waals surface area contributed by atoms with Gasteiger partial charge in [-0.25, -0.2) is 13.4 Å². The highest BCUT2D eigenvalue weighted by Crippen LogP contribution is 2.28. The molecule has 0 aliphatic carbocycles. The normalized spacial score (nSPS) is 17.0. The van der Waals surface area contributed by atoms with Crippen LogP contribution in [0.2, 0.25) is 0 Å². The number of aromatic amines is 1. The topological polar surface area (TPSA) is 95.2 Å². The maximum Gasteiger partial charge on any atom is 0.243 e. The van der Waals surface area contributed by atoms with Gasteiger partial charge in [0.1, 0.15) is 5.82 Å². The molecular formula is C26H26N4O3S. The fraction of sp³-hybridized carbons (Fsp3) is 0.231. The van der Waals surface area contributed by atoms with Gasteiger partial charge in [-0.15, -0.1) is 0 Å². The van der Waals surface area contributed by atoms with Crippen LogP contribution < -0.4 is 5.32 Å². The third-order valence-corrected chi connectivity index (χ3v) is 8.07. The third-order valence-electron chi connectivity index (χ3n) is 6.21. The van der Waals surface area contributed by atoms with Crippen LogP contribution in [0.5, 0.6) is 0 Å². The number of H-pyrrole nitrogens is 1. The number of carbonyl (C=O) groups is 1. The monoisotopic (exact) mass is 474 g/mol. The summed E-state index contributed by atoms with van der Waals surface area (Å²) in [6, 6.07) is 22.2. The van der Waals surface area contributed by atoms with Crippen LogP contribution in [0.3, 0.4) is 0 Å². The van der Waals surface area contributed by atoms with Crippen molar-refractivity contribution in [2.24, 2.45) is 5.92 Å². The molecule has 1 fully saturated rings. The number of aryl methyl sites for hydroxylation is 1. The maximum atomic E-state index is 13.4. The first-order valence-electron chi connectivity index (χ1n) is 11.3. The lowest BCUT2D eigenvalue weighted by Crippen LogP contribution is -2.43. The Hall–Kier alpha value is -3.49. The highest BCUT2D eigenvalue weighted by atomic mass is 32.2. The van der Waals surface area contributed by atoms with Crippen LogP contribution >= 0.6 is 0 Å². The van der Waals surface area contributed by atoms with Crippen molar-refractivity contribution >= 4 is 32.7 Å². The SMILES string of the molecule is Cc1ccc(NC(=O)C2CCCN(S(=O)(=O)c3ccc4nc(-c5ccccc5)[nH]c4c3)C2)cc1. The van der Waals surface area contributed by atoms with E-state index in [1.54, 1.807) is 18.2 Å². The summed E-state index contributed by atoms with van der Waals surface area (Å²) in [4.78, 5) is 20.8. The smallest absolute Gasteiger partial charge is 0.243 e. The standard InChI is InChI=1S/C26H26N4O3S/c1-18-9-11-21(12-10-18)27-26(31)20-8-5-15-30(17-20)34(32,33)22-13-14-23-24(16-22)29-25(28-23)19-6-3-2-4-7-19/h2-4,6-7,9-14,16,20H,5,8,15,17H2,1H3,(H,27,31)(H,28,29). The van der Waals surface area contributed by atoms with Crippen LogP contribution in [0.25, 0.3) is 22.4 Å². The molecule has 1 amide bonds. The van der Waals surface area contributed by atoms with E-state index in [2.05, 4.69) is 15.3 Å². The number of imidazole rings is 1. The zero-order chi connectivity index (χ0) is 23.7. The Bertz CT molecular complexity index is 1430. The first-order chi connectivity index (χ1) is 16.4. The van der Waals surface area contributed by atoms with Crippen LogP contribution in [0.1, 0.15) is 18.4 Å². The largest absolute Gasteiger partial charge is 0.338 e. The summed E-state index contributed by atoms with van der Waals surface area (Å²) in [5.41, 5.74) is 4.12. The minimum absolute atomic E-state index is 0.153. The number of benzene rings is 3. The molecule has 2 heterocycles. The second-order valence-corrected chi connectivity index (χ2v) is 10.6.